The number of nitrogens with zero attached hydrogens (tertiary/aromatic N) is 1. The number of rotatable bonds is 4. The van der Waals surface area contributed by atoms with E-state index in [1.54, 1.807) is 0 Å². The summed E-state index contributed by atoms with van der Waals surface area (Å²) in [5, 5.41) is 9.57. The number of hydrogen-bond acceptors (Lipinski definition) is 2. The molecule has 0 saturated carbocycles. The predicted octanol–water partition coefficient (Wildman–Crippen LogP) is 2.76. The summed E-state index contributed by atoms with van der Waals surface area (Å²) in [6.45, 7) is 7.68. The molecule has 15 heavy (non-hydrogen) atoms. The standard InChI is InChI=1S/C12H18FNO/c1-4-14(9(2)3)8-10-7-11(13)5-6-12(10)15/h5-7,9,15H,4,8H2,1-3H3. The number of benzene rings is 1. The lowest BCUT2D eigenvalue weighted by molar-refractivity contribution is 0.222. The van der Waals surface area contributed by atoms with Crippen LogP contribution in [0.25, 0.3) is 0 Å². The van der Waals surface area contributed by atoms with Crippen molar-refractivity contribution in [1.29, 1.82) is 0 Å². The molecule has 3 heteroatoms. The van der Waals surface area contributed by atoms with E-state index in [-0.39, 0.29) is 11.6 Å². The molecule has 0 atom stereocenters. The van der Waals surface area contributed by atoms with Crippen molar-refractivity contribution in [2.24, 2.45) is 0 Å². The molecule has 0 aliphatic carbocycles. The molecule has 1 aromatic carbocycles. The van der Waals surface area contributed by atoms with Crippen LogP contribution in [0.1, 0.15) is 26.3 Å². The van der Waals surface area contributed by atoms with Crippen molar-refractivity contribution in [2.45, 2.75) is 33.4 Å². The summed E-state index contributed by atoms with van der Waals surface area (Å²) >= 11 is 0. The van der Waals surface area contributed by atoms with Gasteiger partial charge in [0.2, 0.25) is 0 Å². The molecular formula is C12H18FNO. The zero-order valence-electron chi connectivity index (χ0n) is 9.50. The Labute approximate surface area is 90.3 Å². The third-order valence-corrected chi connectivity index (χ3v) is 2.55. The molecule has 1 N–H and O–H groups in total. The van der Waals surface area contributed by atoms with Crippen molar-refractivity contribution in [1.82, 2.24) is 4.90 Å². The maximum Gasteiger partial charge on any atom is 0.123 e. The fraction of sp³-hybridized carbons (Fsp3) is 0.500. The molecule has 0 bridgehead atoms. The molecule has 2 nitrogen and oxygen atoms in total. The van der Waals surface area contributed by atoms with Crippen molar-refractivity contribution in [3.8, 4) is 5.75 Å². The first kappa shape index (κ1) is 12.0. The largest absolute Gasteiger partial charge is 0.508 e. The van der Waals surface area contributed by atoms with Crippen LogP contribution in [-0.2, 0) is 6.54 Å². The maximum atomic E-state index is 13.0. The smallest absolute Gasteiger partial charge is 0.123 e. The molecule has 0 fully saturated rings. The SMILES string of the molecule is CCN(Cc1cc(F)ccc1O)C(C)C. The normalized spacial score (nSPS) is 11.3. The highest BCUT2D eigenvalue weighted by Crippen LogP contribution is 2.20. The maximum absolute atomic E-state index is 13.0. The van der Waals surface area contributed by atoms with E-state index in [9.17, 15) is 9.50 Å². The average Bonchev–Trinajstić information content (AvgIpc) is 2.18. The molecule has 0 radical (unpaired) electrons. The first-order valence-electron chi connectivity index (χ1n) is 5.26. The highest BCUT2D eigenvalue weighted by atomic mass is 19.1. The molecule has 0 saturated heterocycles. The van der Waals surface area contributed by atoms with Gasteiger partial charge in [-0.2, -0.15) is 0 Å². The van der Waals surface area contributed by atoms with Gasteiger partial charge < -0.3 is 5.11 Å². The van der Waals surface area contributed by atoms with Crippen molar-refractivity contribution >= 4 is 0 Å². The van der Waals surface area contributed by atoms with Gasteiger partial charge in [-0.05, 0) is 38.6 Å². The Balaban J connectivity index is 2.82. The lowest BCUT2D eigenvalue weighted by Gasteiger charge is -2.25. The molecule has 0 amide bonds. The highest BCUT2D eigenvalue weighted by Gasteiger charge is 2.10. The lowest BCUT2D eigenvalue weighted by atomic mass is 10.1. The summed E-state index contributed by atoms with van der Waals surface area (Å²) in [6.07, 6.45) is 0. The van der Waals surface area contributed by atoms with Gasteiger partial charge in [0.25, 0.3) is 0 Å². The van der Waals surface area contributed by atoms with E-state index in [1.807, 2.05) is 0 Å². The van der Waals surface area contributed by atoms with Gasteiger partial charge >= 0.3 is 0 Å². The molecule has 0 aliphatic rings. The van der Waals surface area contributed by atoms with Gasteiger partial charge in [0.15, 0.2) is 0 Å². The zero-order valence-corrected chi connectivity index (χ0v) is 9.50. The van der Waals surface area contributed by atoms with Crippen LogP contribution >= 0.6 is 0 Å². The number of hydrogen-bond donors (Lipinski definition) is 1. The van der Waals surface area contributed by atoms with Crippen LogP contribution in [-0.4, -0.2) is 22.6 Å². The first-order valence-corrected chi connectivity index (χ1v) is 5.26. The van der Waals surface area contributed by atoms with Crippen LogP contribution in [0.2, 0.25) is 0 Å². The van der Waals surface area contributed by atoms with Crippen LogP contribution in [0.3, 0.4) is 0 Å². The van der Waals surface area contributed by atoms with Gasteiger partial charge in [-0.1, -0.05) is 6.92 Å². The number of phenolic OH excluding ortho intramolecular Hbond substituents is 1. The summed E-state index contributed by atoms with van der Waals surface area (Å²) < 4.78 is 13.0. The molecule has 0 aliphatic heterocycles. The number of halogens is 1. The number of aromatic hydroxyl groups is 1. The summed E-state index contributed by atoms with van der Waals surface area (Å²) in [6, 6.07) is 4.45. The molecule has 84 valence electrons. The van der Waals surface area contributed by atoms with Crippen molar-refractivity contribution in [3.05, 3.63) is 29.6 Å². The fourth-order valence-corrected chi connectivity index (χ4v) is 1.56. The van der Waals surface area contributed by atoms with Gasteiger partial charge in [0, 0.05) is 18.2 Å². The molecule has 0 unspecified atom stereocenters. The quantitative estimate of drug-likeness (QED) is 0.827. The van der Waals surface area contributed by atoms with E-state index >= 15 is 0 Å². The van der Waals surface area contributed by atoms with Crippen molar-refractivity contribution in [2.75, 3.05) is 6.54 Å². The monoisotopic (exact) mass is 211 g/mol. The van der Waals surface area contributed by atoms with Crippen LogP contribution in [0.4, 0.5) is 4.39 Å². The second kappa shape index (κ2) is 5.12. The van der Waals surface area contributed by atoms with Crippen molar-refractivity contribution < 1.29 is 9.50 Å². The lowest BCUT2D eigenvalue weighted by Crippen LogP contribution is -2.29. The summed E-state index contributed by atoms with van der Waals surface area (Å²) in [4.78, 5) is 2.16. The van der Waals surface area contributed by atoms with Gasteiger partial charge in [0.1, 0.15) is 11.6 Å². The summed E-state index contributed by atoms with van der Waals surface area (Å²) in [7, 11) is 0. The predicted molar refractivity (Wildman–Crippen MR) is 59.3 cm³/mol. The fourth-order valence-electron chi connectivity index (χ4n) is 1.56. The van der Waals surface area contributed by atoms with E-state index in [2.05, 4.69) is 25.7 Å². The molecule has 0 heterocycles. The molecule has 1 rings (SSSR count). The van der Waals surface area contributed by atoms with Crippen LogP contribution in [0, 0.1) is 5.82 Å². The van der Waals surface area contributed by atoms with E-state index in [1.165, 1.54) is 18.2 Å². The Bertz CT molecular complexity index is 325. The summed E-state index contributed by atoms with van der Waals surface area (Å²) in [5.41, 5.74) is 0.644. The van der Waals surface area contributed by atoms with Gasteiger partial charge in [-0.25, -0.2) is 4.39 Å². The van der Waals surface area contributed by atoms with E-state index < -0.39 is 0 Å². The van der Waals surface area contributed by atoms with Gasteiger partial charge in [-0.3, -0.25) is 4.90 Å². The first-order chi connectivity index (χ1) is 7.04. The Morgan fingerprint density at radius 3 is 2.60 bits per heavy atom. The molecular weight excluding hydrogens is 193 g/mol. The minimum atomic E-state index is -0.303. The van der Waals surface area contributed by atoms with Crippen LogP contribution in [0.15, 0.2) is 18.2 Å². The Hall–Kier alpha value is -1.09. The second-order valence-corrected chi connectivity index (χ2v) is 3.93. The van der Waals surface area contributed by atoms with Crippen molar-refractivity contribution in [3.63, 3.8) is 0 Å². The van der Waals surface area contributed by atoms with E-state index in [0.29, 0.717) is 18.2 Å². The van der Waals surface area contributed by atoms with Crippen LogP contribution in [0.5, 0.6) is 5.75 Å². The highest BCUT2D eigenvalue weighted by molar-refractivity contribution is 5.32. The Morgan fingerprint density at radius 1 is 1.40 bits per heavy atom. The topological polar surface area (TPSA) is 23.5 Å². The van der Waals surface area contributed by atoms with E-state index in [4.69, 9.17) is 0 Å². The minimum Gasteiger partial charge on any atom is -0.508 e. The Kier molecular flexibility index (Phi) is 4.09. The van der Waals surface area contributed by atoms with Gasteiger partial charge in [0.05, 0.1) is 0 Å². The third-order valence-electron chi connectivity index (χ3n) is 2.55. The minimum absolute atomic E-state index is 0.163. The Morgan fingerprint density at radius 2 is 2.07 bits per heavy atom. The second-order valence-electron chi connectivity index (χ2n) is 3.93. The average molecular weight is 211 g/mol. The number of phenols is 1. The summed E-state index contributed by atoms with van der Waals surface area (Å²) in [5.74, 6) is -0.141. The zero-order chi connectivity index (χ0) is 11.4. The molecule has 0 spiro atoms. The third kappa shape index (κ3) is 3.20. The van der Waals surface area contributed by atoms with E-state index in [0.717, 1.165) is 6.54 Å². The molecule has 0 aromatic heterocycles. The van der Waals surface area contributed by atoms with Gasteiger partial charge in [-0.15, -0.1) is 0 Å². The van der Waals surface area contributed by atoms with Crippen LogP contribution < -0.4 is 0 Å². The molecule has 1 aromatic rings.